The van der Waals surface area contributed by atoms with Gasteiger partial charge < -0.3 is 15.5 Å². The number of hydrogen-bond acceptors (Lipinski definition) is 4. The molecule has 3 N–H and O–H groups in total. The van der Waals surface area contributed by atoms with E-state index >= 15 is 0 Å². The lowest BCUT2D eigenvalue weighted by molar-refractivity contribution is 0.192. The van der Waals surface area contributed by atoms with Gasteiger partial charge in [0.05, 0.1) is 4.90 Å². The largest absolute Gasteiger partial charge is 0.357 e. The van der Waals surface area contributed by atoms with E-state index in [-0.39, 0.29) is 28.9 Å². The van der Waals surface area contributed by atoms with Gasteiger partial charge in [0, 0.05) is 26.2 Å². The van der Waals surface area contributed by atoms with E-state index in [2.05, 4.69) is 32.2 Å². The second-order valence-electron chi connectivity index (χ2n) is 7.28. The number of piperidine rings is 1. The highest BCUT2D eigenvalue weighted by atomic mass is 127. The van der Waals surface area contributed by atoms with Gasteiger partial charge in [-0.15, -0.1) is 24.0 Å². The maximum atomic E-state index is 12.2. The van der Waals surface area contributed by atoms with Gasteiger partial charge in [-0.05, 0) is 63.9 Å². The van der Waals surface area contributed by atoms with E-state index in [9.17, 15) is 8.42 Å². The van der Waals surface area contributed by atoms with E-state index in [1.54, 1.807) is 30.3 Å². The van der Waals surface area contributed by atoms with E-state index in [0.717, 1.165) is 37.9 Å². The first-order valence-electron chi connectivity index (χ1n) is 10.3. The fourth-order valence-electron chi connectivity index (χ4n) is 3.16. The summed E-state index contributed by atoms with van der Waals surface area (Å²) in [5.74, 6) is 1.59. The Morgan fingerprint density at radius 1 is 1.14 bits per heavy atom. The number of rotatable bonds is 10. The van der Waals surface area contributed by atoms with Gasteiger partial charge in [-0.2, -0.15) is 0 Å². The highest BCUT2D eigenvalue weighted by Crippen LogP contribution is 2.15. The summed E-state index contributed by atoms with van der Waals surface area (Å²) in [6, 6.07) is 8.40. The number of nitrogens with one attached hydrogen (secondary N) is 3. The summed E-state index contributed by atoms with van der Waals surface area (Å²) in [7, 11) is -3.46. The standard InChI is InChI=1S/C20H35N5O2S.HI/c1-3-21-20(22-12-7-15-25-16-10-18(2)11-17-25)23-13-14-24-28(26,27)19-8-5-4-6-9-19;/h4-6,8-9,18,24H,3,7,10-17H2,1-2H3,(H2,21,22,23);1H. The molecule has 166 valence electrons. The summed E-state index contributed by atoms with van der Waals surface area (Å²) in [6.45, 7) is 10.1. The van der Waals surface area contributed by atoms with Crippen LogP contribution in [0.5, 0.6) is 0 Å². The zero-order valence-electron chi connectivity index (χ0n) is 17.6. The van der Waals surface area contributed by atoms with Crippen molar-refractivity contribution < 1.29 is 8.42 Å². The Balaban J connectivity index is 0.00000420. The van der Waals surface area contributed by atoms with E-state index in [1.807, 2.05) is 6.92 Å². The highest BCUT2D eigenvalue weighted by Gasteiger charge is 2.15. The number of guanidine groups is 1. The third kappa shape index (κ3) is 10.1. The second kappa shape index (κ2) is 14.2. The van der Waals surface area contributed by atoms with Gasteiger partial charge in [0.2, 0.25) is 10.0 Å². The zero-order valence-corrected chi connectivity index (χ0v) is 20.7. The van der Waals surface area contributed by atoms with Crippen LogP contribution in [0.25, 0.3) is 0 Å². The van der Waals surface area contributed by atoms with Crippen LogP contribution in [0, 0.1) is 5.92 Å². The normalized spacial score (nSPS) is 16.3. The maximum absolute atomic E-state index is 12.2. The molecule has 2 rings (SSSR count). The molecule has 1 aliphatic heterocycles. The lowest BCUT2D eigenvalue weighted by Crippen LogP contribution is -2.41. The van der Waals surface area contributed by atoms with E-state index in [4.69, 9.17) is 0 Å². The number of halogens is 1. The van der Waals surface area contributed by atoms with E-state index in [0.29, 0.717) is 13.1 Å². The smallest absolute Gasteiger partial charge is 0.240 e. The summed E-state index contributed by atoms with van der Waals surface area (Å²) in [5.41, 5.74) is 0. The molecule has 7 nitrogen and oxygen atoms in total. The molecule has 0 aromatic heterocycles. The molecule has 9 heteroatoms. The van der Waals surface area contributed by atoms with Crippen molar-refractivity contribution in [3.05, 3.63) is 30.3 Å². The summed E-state index contributed by atoms with van der Waals surface area (Å²) < 4.78 is 27.0. The van der Waals surface area contributed by atoms with Crippen LogP contribution >= 0.6 is 24.0 Å². The van der Waals surface area contributed by atoms with Gasteiger partial charge in [-0.1, -0.05) is 25.1 Å². The Hall–Kier alpha value is -0.910. The summed E-state index contributed by atoms with van der Waals surface area (Å²) >= 11 is 0. The number of aliphatic imine (C=N–C) groups is 1. The number of nitrogens with zero attached hydrogens (tertiary/aromatic N) is 2. The molecular formula is C20H36IN5O2S. The number of benzene rings is 1. The minimum atomic E-state index is -3.46. The topological polar surface area (TPSA) is 85.8 Å². The van der Waals surface area contributed by atoms with Gasteiger partial charge in [0.15, 0.2) is 5.96 Å². The molecule has 0 radical (unpaired) electrons. The molecule has 1 heterocycles. The molecule has 0 saturated carbocycles. The molecule has 1 aliphatic rings. The predicted octanol–water partition coefficient (Wildman–Crippen LogP) is 2.26. The fraction of sp³-hybridized carbons (Fsp3) is 0.650. The third-order valence-corrected chi connectivity index (χ3v) is 6.36. The Morgan fingerprint density at radius 3 is 2.48 bits per heavy atom. The lowest BCUT2D eigenvalue weighted by atomic mass is 9.99. The maximum Gasteiger partial charge on any atom is 0.240 e. The molecule has 0 aliphatic carbocycles. The van der Waals surface area contributed by atoms with Gasteiger partial charge >= 0.3 is 0 Å². The number of likely N-dealkylation sites (tertiary alicyclic amines) is 1. The Kier molecular flexibility index (Phi) is 12.8. The van der Waals surface area contributed by atoms with Crippen LogP contribution < -0.4 is 15.4 Å². The molecule has 0 atom stereocenters. The van der Waals surface area contributed by atoms with E-state index < -0.39 is 10.0 Å². The molecule has 29 heavy (non-hydrogen) atoms. The molecular weight excluding hydrogens is 501 g/mol. The SMILES string of the molecule is CCNC(=NCCCN1CCC(C)CC1)NCCNS(=O)(=O)c1ccccc1.I. The van der Waals surface area contributed by atoms with Crippen molar-refractivity contribution in [2.75, 3.05) is 45.8 Å². The van der Waals surface area contributed by atoms with E-state index in [1.165, 1.54) is 25.9 Å². The molecule has 0 unspecified atom stereocenters. The molecule has 1 fully saturated rings. The van der Waals surface area contributed by atoms with Crippen molar-refractivity contribution in [3.8, 4) is 0 Å². The van der Waals surface area contributed by atoms with Crippen LogP contribution in [0.2, 0.25) is 0 Å². The Morgan fingerprint density at radius 2 is 1.83 bits per heavy atom. The minimum absolute atomic E-state index is 0. The summed E-state index contributed by atoms with van der Waals surface area (Å²) in [6.07, 6.45) is 3.63. The van der Waals surface area contributed by atoms with Crippen molar-refractivity contribution in [3.63, 3.8) is 0 Å². The molecule has 1 saturated heterocycles. The van der Waals surface area contributed by atoms with Gasteiger partial charge in [0.25, 0.3) is 0 Å². The lowest BCUT2D eigenvalue weighted by Gasteiger charge is -2.29. The quantitative estimate of drug-likeness (QED) is 0.185. The molecule has 1 aromatic rings. The van der Waals surface area contributed by atoms with Crippen molar-refractivity contribution in [2.45, 2.75) is 38.0 Å². The van der Waals surface area contributed by atoms with Crippen LogP contribution in [0.3, 0.4) is 0 Å². The summed E-state index contributed by atoms with van der Waals surface area (Å²) in [4.78, 5) is 7.40. The van der Waals surface area contributed by atoms with Crippen LogP contribution in [0.15, 0.2) is 40.2 Å². The van der Waals surface area contributed by atoms with Crippen molar-refractivity contribution in [1.82, 2.24) is 20.3 Å². The molecule has 1 aromatic carbocycles. The monoisotopic (exact) mass is 537 g/mol. The first-order valence-corrected chi connectivity index (χ1v) is 11.8. The van der Waals surface area contributed by atoms with Crippen LogP contribution in [-0.2, 0) is 10.0 Å². The zero-order chi connectivity index (χ0) is 20.2. The van der Waals surface area contributed by atoms with Crippen LogP contribution in [-0.4, -0.2) is 65.1 Å². The van der Waals surface area contributed by atoms with Crippen LogP contribution in [0.4, 0.5) is 0 Å². The third-order valence-electron chi connectivity index (χ3n) is 4.89. The van der Waals surface area contributed by atoms with Gasteiger partial charge in [-0.3, -0.25) is 4.99 Å². The first-order chi connectivity index (χ1) is 13.5. The van der Waals surface area contributed by atoms with Crippen LogP contribution in [0.1, 0.15) is 33.1 Å². The second-order valence-corrected chi connectivity index (χ2v) is 9.04. The first kappa shape index (κ1) is 26.1. The molecule has 0 amide bonds. The van der Waals surface area contributed by atoms with Gasteiger partial charge in [0.1, 0.15) is 0 Å². The number of sulfonamides is 1. The average molecular weight is 538 g/mol. The average Bonchev–Trinajstić information content (AvgIpc) is 2.70. The number of hydrogen-bond donors (Lipinski definition) is 3. The van der Waals surface area contributed by atoms with Crippen molar-refractivity contribution in [2.24, 2.45) is 10.9 Å². The van der Waals surface area contributed by atoms with Gasteiger partial charge in [-0.25, -0.2) is 13.1 Å². The minimum Gasteiger partial charge on any atom is -0.357 e. The summed E-state index contributed by atoms with van der Waals surface area (Å²) in [5, 5.41) is 6.39. The Labute approximate surface area is 193 Å². The van der Waals surface area contributed by atoms with Crippen molar-refractivity contribution >= 4 is 40.0 Å². The Bertz CT molecular complexity index is 692. The fourth-order valence-corrected chi connectivity index (χ4v) is 4.21. The predicted molar refractivity (Wildman–Crippen MR) is 130 cm³/mol. The molecule has 0 spiro atoms. The van der Waals surface area contributed by atoms with Crippen molar-refractivity contribution in [1.29, 1.82) is 0 Å². The highest BCUT2D eigenvalue weighted by molar-refractivity contribution is 14.0. The molecule has 0 bridgehead atoms.